The average molecular weight is 425 g/mol. The Morgan fingerprint density at radius 1 is 1.25 bits per heavy atom. The van der Waals surface area contributed by atoms with Gasteiger partial charge in [0.05, 0.1) is 5.52 Å². The summed E-state index contributed by atoms with van der Waals surface area (Å²) < 4.78 is 38.1. The van der Waals surface area contributed by atoms with E-state index in [9.17, 15) is 27.5 Å². The second-order valence-corrected chi connectivity index (χ2v) is 8.16. The van der Waals surface area contributed by atoms with E-state index < -0.39 is 38.7 Å². The Morgan fingerprint density at radius 3 is 2.57 bits per heavy atom. The summed E-state index contributed by atoms with van der Waals surface area (Å²) >= 11 is 6.03. The Kier molecular flexibility index (Phi) is 5.24. The number of carbonyl (C=O) groups is 1. The second kappa shape index (κ2) is 7.34. The van der Waals surface area contributed by atoms with Gasteiger partial charge in [0.2, 0.25) is 15.5 Å². The molecule has 3 rings (SSSR count). The van der Waals surface area contributed by atoms with Crippen molar-refractivity contribution < 1.29 is 22.7 Å². The number of halogens is 2. The Morgan fingerprint density at radius 2 is 1.96 bits per heavy atom. The summed E-state index contributed by atoms with van der Waals surface area (Å²) in [5.74, 6) is -2.72. The maximum absolute atomic E-state index is 14.0. The van der Waals surface area contributed by atoms with Crippen LogP contribution in [-0.4, -0.2) is 24.1 Å². The van der Waals surface area contributed by atoms with Crippen molar-refractivity contribution in [2.45, 2.75) is 12.3 Å². The van der Waals surface area contributed by atoms with Crippen LogP contribution in [0.5, 0.6) is 0 Å². The van der Waals surface area contributed by atoms with E-state index in [1.165, 1.54) is 30.3 Å². The topological polar surface area (TPSA) is 119 Å². The number of primary sulfonamides is 1. The van der Waals surface area contributed by atoms with E-state index in [1.807, 2.05) is 0 Å². The average Bonchev–Trinajstić information content (AvgIpc) is 2.59. The first-order valence-electron chi connectivity index (χ1n) is 7.89. The smallest absolute Gasteiger partial charge is 0.341 e. The van der Waals surface area contributed by atoms with Crippen molar-refractivity contribution in [3.8, 4) is 0 Å². The second-order valence-electron chi connectivity index (χ2n) is 6.17. The Bertz CT molecular complexity index is 1250. The highest BCUT2D eigenvalue weighted by molar-refractivity contribution is 7.88. The Hall–Kier alpha value is -2.75. The highest BCUT2D eigenvalue weighted by atomic mass is 35.5. The number of nitrogens with two attached hydrogens (primary N) is 1. The maximum atomic E-state index is 14.0. The van der Waals surface area contributed by atoms with Crippen LogP contribution in [0, 0.1) is 5.82 Å². The number of aromatic nitrogens is 1. The van der Waals surface area contributed by atoms with Crippen molar-refractivity contribution in [1.29, 1.82) is 0 Å². The molecule has 1 heterocycles. The zero-order chi connectivity index (χ0) is 20.6. The molecule has 28 heavy (non-hydrogen) atoms. The molecule has 3 N–H and O–H groups in total. The van der Waals surface area contributed by atoms with Gasteiger partial charge in [-0.3, -0.25) is 4.79 Å². The summed E-state index contributed by atoms with van der Waals surface area (Å²) in [6.45, 7) is 0. The van der Waals surface area contributed by atoms with Gasteiger partial charge < -0.3 is 9.67 Å². The zero-order valence-electron chi connectivity index (χ0n) is 14.2. The number of benzene rings is 2. The number of hydrogen-bond donors (Lipinski definition) is 2. The molecule has 0 amide bonds. The van der Waals surface area contributed by atoms with E-state index in [4.69, 9.17) is 16.7 Å². The van der Waals surface area contributed by atoms with E-state index >= 15 is 0 Å². The first kappa shape index (κ1) is 20.0. The quantitative estimate of drug-likeness (QED) is 0.651. The van der Waals surface area contributed by atoms with Gasteiger partial charge in [-0.25, -0.2) is 22.7 Å². The normalized spacial score (nSPS) is 11.7. The Labute approximate surface area is 163 Å². The van der Waals surface area contributed by atoms with E-state index in [0.29, 0.717) is 5.56 Å². The molecular formula is C18H14ClFN2O5S. The Balaban J connectivity index is 2.21. The molecule has 0 fully saturated rings. The van der Waals surface area contributed by atoms with Gasteiger partial charge in [0, 0.05) is 28.6 Å². The minimum absolute atomic E-state index is 0.0199. The van der Waals surface area contributed by atoms with E-state index in [1.54, 1.807) is 6.07 Å². The summed E-state index contributed by atoms with van der Waals surface area (Å²) in [6, 6.07) is 8.67. The predicted octanol–water partition coefficient (Wildman–Crippen LogP) is 2.33. The van der Waals surface area contributed by atoms with Gasteiger partial charge in [0.25, 0.3) is 0 Å². The molecule has 0 aliphatic carbocycles. The minimum atomic E-state index is -3.99. The largest absolute Gasteiger partial charge is 0.477 e. The molecule has 10 heteroatoms. The van der Waals surface area contributed by atoms with Gasteiger partial charge in [0.15, 0.2) is 0 Å². The van der Waals surface area contributed by atoms with Crippen molar-refractivity contribution in [2.75, 3.05) is 0 Å². The summed E-state index contributed by atoms with van der Waals surface area (Å²) in [7, 11) is -3.99. The number of carboxylic acid groups (broad SMARTS) is 1. The summed E-state index contributed by atoms with van der Waals surface area (Å²) in [4.78, 5) is 23.9. The van der Waals surface area contributed by atoms with Gasteiger partial charge in [-0.1, -0.05) is 23.7 Å². The molecule has 0 unspecified atom stereocenters. The monoisotopic (exact) mass is 424 g/mol. The van der Waals surface area contributed by atoms with E-state index in [-0.39, 0.29) is 27.9 Å². The van der Waals surface area contributed by atoms with Crippen LogP contribution in [0.1, 0.15) is 21.5 Å². The number of nitrogens with zero attached hydrogens (tertiary/aromatic N) is 1. The number of pyridine rings is 1. The minimum Gasteiger partial charge on any atom is -0.477 e. The molecule has 0 atom stereocenters. The van der Waals surface area contributed by atoms with Crippen LogP contribution in [0.2, 0.25) is 5.02 Å². The summed E-state index contributed by atoms with van der Waals surface area (Å²) in [6.07, 6.45) is 0.998. The van der Waals surface area contributed by atoms with Crippen molar-refractivity contribution in [2.24, 2.45) is 5.14 Å². The van der Waals surface area contributed by atoms with Gasteiger partial charge in [-0.2, -0.15) is 0 Å². The molecule has 0 aliphatic rings. The first-order valence-corrected chi connectivity index (χ1v) is 9.99. The molecule has 7 nitrogen and oxygen atoms in total. The van der Waals surface area contributed by atoms with Crippen molar-refractivity contribution >= 4 is 38.5 Å². The molecular weight excluding hydrogens is 411 g/mol. The lowest BCUT2D eigenvalue weighted by Crippen LogP contribution is -2.24. The molecule has 2 aromatic carbocycles. The number of carboxylic acids is 1. The number of aromatic carboxylic acids is 1. The fraction of sp³-hybridized carbons (Fsp3) is 0.111. The molecule has 0 radical (unpaired) electrons. The lowest BCUT2D eigenvalue weighted by molar-refractivity contribution is 0.0695. The number of fused-ring (bicyclic) bond motifs is 1. The lowest BCUT2D eigenvalue weighted by Gasteiger charge is -2.13. The molecule has 0 spiro atoms. The number of hydrogen-bond acceptors (Lipinski definition) is 4. The maximum Gasteiger partial charge on any atom is 0.341 e. The molecule has 3 aromatic rings. The van der Waals surface area contributed by atoms with Crippen LogP contribution >= 0.6 is 11.6 Å². The fourth-order valence-corrected chi connectivity index (χ4v) is 3.74. The molecule has 0 saturated heterocycles. The molecule has 0 saturated carbocycles. The van der Waals surface area contributed by atoms with Crippen LogP contribution < -0.4 is 10.6 Å². The number of sulfonamides is 1. The van der Waals surface area contributed by atoms with Crippen molar-refractivity contribution in [1.82, 2.24) is 4.57 Å². The van der Waals surface area contributed by atoms with E-state index in [0.717, 1.165) is 10.8 Å². The van der Waals surface area contributed by atoms with Crippen molar-refractivity contribution in [3.05, 3.63) is 80.3 Å². The van der Waals surface area contributed by atoms with Gasteiger partial charge in [-0.15, -0.1) is 0 Å². The standard InChI is InChI=1S/C18H14ClFN2O5S/c19-14-2-1-3-15(20)11(14)6-10-4-5-16-12(7-10)17(23)13(18(24)25)8-22(16)9-28(21,26)27/h1-5,7-8H,6,9H2,(H,24,25)(H2,21,26,27). The van der Waals surface area contributed by atoms with Gasteiger partial charge in [-0.05, 0) is 29.8 Å². The SMILES string of the molecule is NS(=O)(=O)Cn1cc(C(=O)O)c(=O)c2cc(Cc3c(F)cccc3Cl)ccc21. The zero-order valence-corrected chi connectivity index (χ0v) is 15.8. The number of rotatable bonds is 5. The fourth-order valence-electron chi connectivity index (χ4n) is 2.91. The highest BCUT2D eigenvalue weighted by Gasteiger charge is 2.17. The summed E-state index contributed by atoms with van der Waals surface area (Å²) in [5, 5.41) is 14.5. The van der Waals surface area contributed by atoms with Crippen LogP contribution in [-0.2, 0) is 22.3 Å². The molecule has 1 aromatic heterocycles. The molecule has 0 aliphatic heterocycles. The van der Waals surface area contributed by atoms with Crippen LogP contribution in [0.25, 0.3) is 10.9 Å². The third-order valence-electron chi connectivity index (χ3n) is 4.14. The van der Waals surface area contributed by atoms with E-state index in [2.05, 4.69) is 0 Å². The van der Waals surface area contributed by atoms with Gasteiger partial charge in [0.1, 0.15) is 17.3 Å². The molecule has 0 bridgehead atoms. The highest BCUT2D eigenvalue weighted by Crippen LogP contribution is 2.24. The third-order valence-corrected chi connectivity index (χ3v) is 5.13. The van der Waals surface area contributed by atoms with Crippen molar-refractivity contribution in [3.63, 3.8) is 0 Å². The van der Waals surface area contributed by atoms with Gasteiger partial charge >= 0.3 is 5.97 Å². The lowest BCUT2D eigenvalue weighted by atomic mass is 10.0. The molecule has 146 valence electrons. The third kappa shape index (κ3) is 4.06. The van der Waals surface area contributed by atoms with Crippen LogP contribution in [0.3, 0.4) is 0 Å². The van der Waals surface area contributed by atoms with Crippen LogP contribution in [0.4, 0.5) is 4.39 Å². The predicted molar refractivity (Wildman–Crippen MR) is 102 cm³/mol. The van der Waals surface area contributed by atoms with Crippen LogP contribution in [0.15, 0.2) is 47.4 Å². The first-order chi connectivity index (χ1) is 13.1. The summed E-state index contributed by atoms with van der Waals surface area (Å²) in [5.41, 5.74) is -0.469.